The summed E-state index contributed by atoms with van der Waals surface area (Å²) in [5, 5.41) is 1.26. The quantitative estimate of drug-likeness (QED) is 0.631. The maximum atomic E-state index is 4.85. The Morgan fingerprint density at radius 3 is 2.54 bits per heavy atom. The van der Waals surface area contributed by atoms with Crippen LogP contribution in [0.2, 0.25) is 0 Å². The van der Waals surface area contributed by atoms with Gasteiger partial charge in [-0.25, -0.2) is 4.57 Å². The molecule has 0 saturated carbocycles. The van der Waals surface area contributed by atoms with Gasteiger partial charge in [-0.15, -0.1) is 0 Å². The van der Waals surface area contributed by atoms with Crippen LogP contribution in [0.3, 0.4) is 0 Å². The Morgan fingerprint density at radius 1 is 1.08 bits per heavy atom. The van der Waals surface area contributed by atoms with Crippen molar-refractivity contribution in [3.63, 3.8) is 0 Å². The molecule has 24 heavy (non-hydrogen) atoms. The predicted molar refractivity (Wildman–Crippen MR) is 101 cm³/mol. The van der Waals surface area contributed by atoms with Gasteiger partial charge in [-0.2, -0.15) is 0 Å². The zero-order chi connectivity index (χ0) is 17.4. The molecule has 0 saturated heterocycles. The Hall–Kier alpha value is -2.22. The van der Waals surface area contributed by atoms with Crippen molar-refractivity contribution < 1.29 is 4.57 Å². The summed E-state index contributed by atoms with van der Waals surface area (Å²) in [6, 6.07) is 11.1. The van der Waals surface area contributed by atoms with E-state index in [2.05, 4.69) is 82.8 Å². The minimum absolute atomic E-state index is 0.641. The van der Waals surface area contributed by atoms with Gasteiger partial charge in [-0.05, 0) is 72.5 Å². The van der Waals surface area contributed by atoms with Crippen molar-refractivity contribution in [3.05, 3.63) is 58.8 Å². The number of aryl methyl sites for hydroxylation is 3. The molecule has 0 aliphatic heterocycles. The molecule has 0 bridgehead atoms. The van der Waals surface area contributed by atoms with Gasteiger partial charge < -0.3 is 0 Å². The summed E-state index contributed by atoms with van der Waals surface area (Å²) in [4.78, 5) is 4.85. The molecule has 1 aromatic heterocycles. The highest BCUT2D eigenvalue weighted by atomic mass is 15.0. The molecule has 0 N–H and O–H groups in total. The molecule has 0 aliphatic rings. The number of rotatable bonds is 3. The first kappa shape index (κ1) is 16.6. The molecule has 0 unspecified atom stereocenters. The van der Waals surface area contributed by atoms with E-state index in [1.807, 2.05) is 0 Å². The molecule has 2 nitrogen and oxygen atoms in total. The fraction of sp³-hybridized carbons (Fsp3) is 0.364. The molecule has 0 atom stereocenters. The summed E-state index contributed by atoms with van der Waals surface area (Å²) >= 11 is 0. The molecule has 0 amide bonds. The van der Waals surface area contributed by atoms with Crippen LogP contribution in [-0.2, 0) is 13.5 Å². The van der Waals surface area contributed by atoms with E-state index in [1.165, 1.54) is 38.7 Å². The Balaban J connectivity index is 2.24. The molecule has 2 heteroatoms. The highest BCUT2D eigenvalue weighted by Crippen LogP contribution is 2.26. The van der Waals surface area contributed by atoms with Crippen molar-refractivity contribution >= 4 is 10.9 Å². The molecular weight excluding hydrogens is 292 g/mol. The van der Waals surface area contributed by atoms with Crippen molar-refractivity contribution in [2.45, 2.75) is 41.0 Å². The fourth-order valence-corrected chi connectivity index (χ4v) is 3.51. The normalized spacial score (nSPS) is 11.5. The van der Waals surface area contributed by atoms with E-state index in [9.17, 15) is 0 Å². The highest BCUT2D eigenvalue weighted by molar-refractivity contribution is 5.80. The second-order valence-electron chi connectivity index (χ2n) is 7.34. The van der Waals surface area contributed by atoms with Crippen molar-refractivity contribution in [3.8, 4) is 11.4 Å². The summed E-state index contributed by atoms with van der Waals surface area (Å²) in [6.07, 6.45) is 3.14. The van der Waals surface area contributed by atoms with E-state index < -0.39 is 0 Å². The van der Waals surface area contributed by atoms with Crippen LogP contribution in [0.25, 0.3) is 22.3 Å². The lowest BCUT2D eigenvalue weighted by Crippen LogP contribution is -2.33. The number of hydrogen-bond donors (Lipinski definition) is 0. The van der Waals surface area contributed by atoms with Gasteiger partial charge in [0, 0.05) is 0 Å². The molecule has 0 fully saturated rings. The molecule has 0 aliphatic carbocycles. The Morgan fingerprint density at radius 2 is 1.83 bits per heavy atom. The largest absolute Gasteiger partial charge is 0.330 e. The SMILES string of the molecule is Cc1cc(C)c(C)c(-c2ncc3c(CC(C)C)cccc3[n+]2C)c1. The summed E-state index contributed by atoms with van der Waals surface area (Å²) in [7, 11) is 2.13. The minimum Gasteiger partial charge on any atom is -0.226 e. The maximum Gasteiger partial charge on any atom is 0.330 e. The van der Waals surface area contributed by atoms with Crippen LogP contribution < -0.4 is 4.57 Å². The molecule has 0 spiro atoms. The third-order valence-electron chi connectivity index (χ3n) is 4.85. The van der Waals surface area contributed by atoms with Crippen molar-refractivity contribution in [1.82, 2.24) is 4.98 Å². The van der Waals surface area contributed by atoms with E-state index in [1.54, 1.807) is 0 Å². The van der Waals surface area contributed by atoms with Crippen LogP contribution in [0.1, 0.15) is 36.1 Å². The van der Waals surface area contributed by atoms with Crippen LogP contribution >= 0.6 is 0 Å². The highest BCUT2D eigenvalue weighted by Gasteiger charge is 2.20. The van der Waals surface area contributed by atoms with E-state index in [-0.39, 0.29) is 0 Å². The fourth-order valence-electron chi connectivity index (χ4n) is 3.51. The maximum absolute atomic E-state index is 4.85. The predicted octanol–water partition coefficient (Wildman–Crippen LogP) is 4.85. The van der Waals surface area contributed by atoms with Gasteiger partial charge in [0.1, 0.15) is 5.52 Å². The molecule has 124 valence electrons. The number of fused-ring (bicyclic) bond motifs is 1. The van der Waals surface area contributed by atoms with Crippen LogP contribution in [-0.4, -0.2) is 4.98 Å². The minimum atomic E-state index is 0.641. The zero-order valence-electron chi connectivity index (χ0n) is 15.6. The molecule has 0 radical (unpaired) electrons. The molecule has 3 aromatic rings. The van der Waals surface area contributed by atoms with Crippen LogP contribution in [0.5, 0.6) is 0 Å². The zero-order valence-corrected chi connectivity index (χ0v) is 15.6. The lowest BCUT2D eigenvalue weighted by molar-refractivity contribution is -0.636. The molecule has 2 aromatic carbocycles. The Labute approximate surface area is 145 Å². The third kappa shape index (κ3) is 2.93. The summed E-state index contributed by atoms with van der Waals surface area (Å²) in [5.74, 6) is 1.68. The second kappa shape index (κ2) is 6.35. The van der Waals surface area contributed by atoms with Gasteiger partial charge in [-0.1, -0.05) is 32.0 Å². The van der Waals surface area contributed by atoms with Crippen LogP contribution in [0.15, 0.2) is 36.5 Å². The second-order valence-corrected chi connectivity index (χ2v) is 7.34. The topological polar surface area (TPSA) is 16.8 Å². The lowest BCUT2D eigenvalue weighted by Gasteiger charge is -2.11. The first-order valence-corrected chi connectivity index (χ1v) is 8.73. The molecule has 1 heterocycles. The standard InChI is InChI=1S/C22H27N2/c1-14(2)10-18-8-7-9-21-20(18)13-23-22(24(21)6)19-12-15(3)11-16(4)17(19)5/h7-9,11-14H,10H2,1-6H3/q+1. The van der Waals surface area contributed by atoms with Gasteiger partial charge in [0.15, 0.2) is 6.20 Å². The van der Waals surface area contributed by atoms with Gasteiger partial charge >= 0.3 is 5.82 Å². The van der Waals surface area contributed by atoms with Crippen molar-refractivity contribution in [2.75, 3.05) is 0 Å². The van der Waals surface area contributed by atoms with Gasteiger partial charge in [-0.3, -0.25) is 0 Å². The lowest BCUT2D eigenvalue weighted by atomic mass is 9.98. The van der Waals surface area contributed by atoms with Crippen molar-refractivity contribution in [2.24, 2.45) is 13.0 Å². The smallest absolute Gasteiger partial charge is 0.226 e. The van der Waals surface area contributed by atoms with Crippen molar-refractivity contribution in [1.29, 1.82) is 0 Å². The van der Waals surface area contributed by atoms with E-state index >= 15 is 0 Å². The average Bonchev–Trinajstić information content (AvgIpc) is 2.52. The summed E-state index contributed by atoms with van der Waals surface area (Å²) < 4.78 is 2.24. The number of hydrogen-bond acceptors (Lipinski definition) is 1. The van der Waals surface area contributed by atoms with E-state index in [4.69, 9.17) is 4.98 Å². The third-order valence-corrected chi connectivity index (χ3v) is 4.85. The van der Waals surface area contributed by atoms with Gasteiger partial charge in [0.25, 0.3) is 0 Å². The molecule has 3 rings (SSSR count). The van der Waals surface area contributed by atoms with E-state index in [0.717, 1.165) is 12.2 Å². The average molecular weight is 319 g/mol. The number of nitrogens with zero attached hydrogens (tertiary/aromatic N) is 2. The van der Waals surface area contributed by atoms with Crippen LogP contribution in [0.4, 0.5) is 0 Å². The monoisotopic (exact) mass is 319 g/mol. The summed E-state index contributed by atoms with van der Waals surface area (Å²) in [5.41, 5.74) is 7.77. The van der Waals surface area contributed by atoms with E-state index in [0.29, 0.717) is 5.92 Å². The first-order valence-electron chi connectivity index (χ1n) is 8.73. The van der Waals surface area contributed by atoms with Gasteiger partial charge in [0.2, 0.25) is 0 Å². The number of benzene rings is 2. The van der Waals surface area contributed by atoms with Crippen LogP contribution in [0, 0.1) is 26.7 Å². The Bertz CT molecular complexity index is 907. The molecular formula is C22H27N2+. The summed E-state index contributed by atoms with van der Waals surface area (Å²) in [6.45, 7) is 11.0. The Kier molecular flexibility index (Phi) is 4.40. The number of aromatic nitrogens is 2. The van der Waals surface area contributed by atoms with Gasteiger partial charge in [0.05, 0.1) is 18.0 Å². The first-order chi connectivity index (χ1) is 11.4.